The molecule has 27 heavy (non-hydrogen) atoms. The van der Waals surface area contributed by atoms with Gasteiger partial charge in [0.1, 0.15) is 10.7 Å². The highest BCUT2D eigenvalue weighted by Gasteiger charge is 2.41. The highest BCUT2D eigenvalue weighted by molar-refractivity contribution is 14.1. The third-order valence-corrected chi connectivity index (χ3v) is 5.87. The molecule has 5 nitrogen and oxygen atoms in total. The number of hydrogen-bond donors (Lipinski definition) is 0. The molecule has 7 heteroatoms. The van der Waals surface area contributed by atoms with Gasteiger partial charge in [0.05, 0.1) is 5.69 Å². The van der Waals surface area contributed by atoms with Crippen LogP contribution in [-0.4, -0.2) is 42.9 Å². The van der Waals surface area contributed by atoms with Crippen molar-refractivity contribution in [2.24, 2.45) is 0 Å². The smallest absolute Gasteiger partial charge is 0.283 e. The van der Waals surface area contributed by atoms with Gasteiger partial charge < -0.3 is 9.80 Å². The lowest BCUT2D eigenvalue weighted by atomic mass is 10.2. The predicted molar refractivity (Wildman–Crippen MR) is 115 cm³/mol. The highest BCUT2D eigenvalue weighted by Crippen LogP contribution is 2.32. The number of piperazine rings is 1. The lowest BCUT2D eigenvalue weighted by Gasteiger charge is -2.37. The van der Waals surface area contributed by atoms with Crippen molar-refractivity contribution in [2.75, 3.05) is 36.0 Å². The van der Waals surface area contributed by atoms with Crippen LogP contribution in [0.4, 0.5) is 11.4 Å². The number of nitrogens with zero attached hydrogens (tertiary/aromatic N) is 3. The Hall–Kier alpha value is -2.06. The third-order valence-electron chi connectivity index (χ3n) is 4.81. The first-order valence-corrected chi connectivity index (χ1v) is 10.1. The van der Waals surface area contributed by atoms with Crippen LogP contribution in [0, 0.1) is 3.57 Å². The van der Waals surface area contributed by atoms with Gasteiger partial charge in [-0.15, -0.1) is 0 Å². The molecule has 0 aliphatic carbocycles. The molecule has 2 aliphatic heterocycles. The molecular weight excluding hydrogens is 477 g/mol. The molecule has 0 unspecified atom stereocenters. The van der Waals surface area contributed by atoms with Crippen LogP contribution >= 0.6 is 34.2 Å². The van der Waals surface area contributed by atoms with Gasteiger partial charge in [-0.3, -0.25) is 9.59 Å². The summed E-state index contributed by atoms with van der Waals surface area (Å²) in [4.78, 5) is 30.9. The summed E-state index contributed by atoms with van der Waals surface area (Å²) in [6, 6.07) is 17.4. The summed E-state index contributed by atoms with van der Waals surface area (Å²) in [6.07, 6.45) is 0. The summed E-state index contributed by atoms with van der Waals surface area (Å²) in [7, 11) is 0. The molecule has 0 N–H and O–H groups in total. The van der Waals surface area contributed by atoms with Gasteiger partial charge in [0.2, 0.25) is 0 Å². The SMILES string of the molecule is O=C1C(Cl)=C(N2CCN(c3ccccc3)CC2)C(=O)N1c1ccc(I)cc1. The number of imide groups is 1. The molecule has 4 rings (SSSR count). The lowest BCUT2D eigenvalue weighted by molar-refractivity contribution is -0.121. The van der Waals surface area contributed by atoms with Crippen LogP contribution in [0.3, 0.4) is 0 Å². The number of benzene rings is 2. The molecule has 0 atom stereocenters. The maximum absolute atomic E-state index is 13.0. The first kappa shape index (κ1) is 18.3. The van der Waals surface area contributed by atoms with Crippen LogP contribution in [0.5, 0.6) is 0 Å². The van der Waals surface area contributed by atoms with Crippen molar-refractivity contribution in [1.29, 1.82) is 0 Å². The van der Waals surface area contributed by atoms with E-state index in [-0.39, 0.29) is 10.9 Å². The maximum Gasteiger partial charge on any atom is 0.283 e. The maximum atomic E-state index is 13.0. The van der Waals surface area contributed by atoms with Crippen LogP contribution in [0.15, 0.2) is 65.3 Å². The van der Waals surface area contributed by atoms with Crippen molar-refractivity contribution >= 4 is 57.4 Å². The number of carbonyl (C=O) groups is 2. The van der Waals surface area contributed by atoms with Gasteiger partial charge in [0, 0.05) is 35.4 Å². The van der Waals surface area contributed by atoms with E-state index in [0.717, 1.165) is 27.2 Å². The molecule has 0 bridgehead atoms. The van der Waals surface area contributed by atoms with Gasteiger partial charge >= 0.3 is 0 Å². The predicted octanol–water partition coefficient (Wildman–Crippen LogP) is 3.44. The van der Waals surface area contributed by atoms with Gasteiger partial charge in [0.15, 0.2) is 0 Å². The summed E-state index contributed by atoms with van der Waals surface area (Å²) >= 11 is 8.48. The number of carbonyl (C=O) groups excluding carboxylic acids is 2. The molecule has 0 spiro atoms. The molecule has 2 amide bonds. The Kier molecular flexibility index (Phi) is 5.10. The van der Waals surface area contributed by atoms with E-state index in [1.165, 1.54) is 0 Å². The van der Waals surface area contributed by atoms with E-state index >= 15 is 0 Å². The van der Waals surface area contributed by atoms with Crippen LogP contribution in [0.2, 0.25) is 0 Å². The summed E-state index contributed by atoms with van der Waals surface area (Å²) < 4.78 is 1.03. The normalized spacial score (nSPS) is 17.9. The van der Waals surface area contributed by atoms with E-state index in [1.54, 1.807) is 12.1 Å². The average Bonchev–Trinajstić information content (AvgIpc) is 2.92. The van der Waals surface area contributed by atoms with Crippen molar-refractivity contribution in [2.45, 2.75) is 0 Å². The zero-order chi connectivity index (χ0) is 19.0. The minimum Gasteiger partial charge on any atom is -0.368 e. The summed E-state index contributed by atoms with van der Waals surface area (Å²) in [5.74, 6) is -0.803. The molecule has 2 aliphatic rings. The molecule has 1 fully saturated rings. The Morgan fingerprint density at radius 2 is 1.33 bits per heavy atom. The van der Waals surface area contributed by atoms with Gasteiger partial charge in [-0.1, -0.05) is 29.8 Å². The number of para-hydroxylation sites is 1. The molecular formula is C20H17ClIN3O2. The summed E-state index contributed by atoms with van der Waals surface area (Å²) in [5, 5.41) is 0.00621. The second-order valence-electron chi connectivity index (χ2n) is 6.39. The van der Waals surface area contributed by atoms with Crippen molar-refractivity contribution < 1.29 is 9.59 Å². The zero-order valence-electron chi connectivity index (χ0n) is 14.4. The largest absolute Gasteiger partial charge is 0.368 e. The van der Waals surface area contributed by atoms with Gasteiger partial charge in [-0.05, 0) is 59.0 Å². The number of halogens is 2. The van der Waals surface area contributed by atoms with Gasteiger partial charge in [0.25, 0.3) is 11.8 Å². The Morgan fingerprint density at radius 1 is 0.741 bits per heavy atom. The second-order valence-corrected chi connectivity index (χ2v) is 8.02. The first-order chi connectivity index (χ1) is 13.1. The Bertz CT molecular complexity index is 907. The average molecular weight is 494 g/mol. The van der Waals surface area contributed by atoms with Crippen molar-refractivity contribution in [3.05, 3.63) is 68.9 Å². The van der Waals surface area contributed by atoms with Gasteiger partial charge in [-0.2, -0.15) is 0 Å². The topological polar surface area (TPSA) is 43.9 Å². The van der Waals surface area contributed by atoms with Crippen LogP contribution in [0.1, 0.15) is 0 Å². The highest BCUT2D eigenvalue weighted by atomic mass is 127. The van der Waals surface area contributed by atoms with E-state index in [0.29, 0.717) is 24.5 Å². The van der Waals surface area contributed by atoms with Crippen molar-refractivity contribution in [3.8, 4) is 0 Å². The third kappa shape index (κ3) is 3.43. The first-order valence-electron chi connectivity index (χ1n) is 8.65. The Balaban J connectivity index is 1.51. The second kappa shape index (κ2) is 7.52. The van der Waals surface area contributed by atoms with E-state index in [2.05, 4.69) is 39.6 Å². The molecule has 2 heterocycles. The molecule has 0 aromatic heterocycles. The fourth-order valence-corrected chi connectivity index (χ4v) is 4.06. The number of rotatable bonds is 3. The molecule has 0 radical (unpaired) electrons. The van der Waals surface area contributed by atoms with Crippen molar-refractivity contribution in [1.82, 2.24) is 4.90 Å². The van der Waals surface area contributed by atoms with E-state index < -0.39 is 5.91 Å². The number of hydrogen-bond acceptors (Lipinski definition) is 4. The van der Waals surface area contributed by atoms with Crippen LogP contribution in [0.25, 0.3) is 0 Å². The summed E-state index contributed by atoms with van der Waals surface area (Å²) in [5.41, 5.74) is 2.01. The summed E-state index contributed by atoms with van der Waals surface area (Å²) in [6.45, 7) is 2.81. The fourth-order valence-electron chi connectivity index (χ4n) is 3.42. The molecule has 2 aromatic rings. The standard InChI is InChI=1S/C20H17ClIN3O2/c21-17-18(20(27)25(19(17)26)16-8-6-14(22)7-9-16)24-12-10-23(11-13-24)15-4-2-1-3-5-15/h1-9H,10-13H2. The molecule has 1 saturated heterocycles. The molecule has 138 valence electrons. The van der Waals surface area contributed by atoms with E-state index in [9.17, 15) is 9.59 Å². The van der Waals surface area contributed by atoms with E-state index in [1.807, 2.05) is 35.2 Å². The van der Waals surface area contributed by atoms with Crippen molar-refractivity contribution in [3.63, 3.8) is 0 Å². The van der Waals surface area contributed by atoms with Gasteiger partial charge in [-0.25, -0.2) is 4.90 Å². The fraction of sp³-hybridized carbons (Fsp3) is 0.200. The minimum absolute atomic E-state index is 0.00621. The zero-order valence-corrected chi connectivity index (χ0v) is 17.4. The van der Waals surface area contributed by atoms with Crippen LogP contribution < -0.4 is 9.80 Å². The Labute approximate surface area is 176 Å². The minimum atomic E-state index is -0.455. The Morgan fingerprint density at radius 3 is 1.96 bits per heavy atom. The van der Waals surface area contributed by atoms with E-state index in [4.69, 9.17) is 11.6 Å². The number of amides is 2. The molecule has 0 saturated carbocycles. The monoisotopic (exact) mass is 493 g/mol. The molecule has 2 aromatic carbocycles. The van der Waals surface area contributed by atoms with Crippen LogP contribution in [-0.2, 0) is 9.59 Å². The lowest BCUT2D eigenvalue weighted by Crippen LogP contribution is -2.47. The quantitative estimate of drug-likeness (QED) is 0.485. The number of anilines is 2.